The predicted molar refractivity (Wildman–Crippen MR) is 159 cm³/mol. The van der Waals surface area contributed by atoms with Crippen LogP contribution in [0.3, 0.4) is 0 Å². The highest BCUT2D eigenvalue weighted by Gasteiger charge is 2.26. The molecule has 0 aliphatic carbocycles. The van der Waals surface area contributed by atoms with Crippen LogP contribution in [-0.4, -0.2) is 67.6 Å². The molecule has 5 N–H and O–H groups in total. The highest BCUT2D eigenvalue weighted by Crippen LogP contribution is 2.26. The van der Waals surface area contributed by atoms with Crippen molar-refractivity contribution >= 4 is 64.2 Å². The molecule has 0 bridgehead atoms. The Bertz CT molecular complexity index is 1290. The average molecular weight is 601 g/mol. The number of nitrogen functional groups attached to an aromatic ring is 1. The number of carboxylic acid groups (broad SMARTS) is 1. The number of ether oxygens (including phenoxy) is 1. The van der Waals surface area contributed by atoms with Crippen molar-refractivity contribution in [2.24, 2.45) is 5.73 Å². The number of rotatable bonds is 10. The summed E-state index contributed by atoms with van der Waals surface area (Å²) in [6.07, 6.45) is 3.34. The van der Waals surface area contributed by atoms with Gasteiger partial charge in [-0.15, -0.1) is 24.8 Å². The van der Waals surface area contributed by atoms with Crippen molar-refractivity contribution in [2.45, 2.75) is 32.8 Å². The molecular formula is C26H35Cl2N5O5S. The first-order valence-electron chi connectivity index (χ1n) is 11.9. The van der Waals surface area contributed by atoms with Gasteiger partial charge < -0.3 is 20.5 Å². The Morgan fingerprint density at radius 2 is 1.74 bits per heavy atom. The fourth-order valence-corrected chi connectivity index (χ4v) is 5.44. The quantitative estimate of drug-likeness (QED) is 0.237. The Labute approximate surface area is 241 Å². The minimum atomic E-state index is -4.17. The Balaban J connectivity index is 0.00000380. The third-order valence-corrected chi connectivity index (χ3v) is 7.61. The number of hydrogen-bond donors (Lipinski definition) is 4. The van der Waals surface area contributed by atoms with Gasteiger partial charge in [-0.05, 0) is 49.7 Å². The standard InChI is InChI=1S/C26H33N5O5S.2ClH/c1-18(14-20-4-3-5-21(15-20)26(28)29)16-31(37(34,35)17-25(32)33)22-6-8-23(9-7-22)36-24-10-12-30(13-11-24)19(2)27;;/h3-9,14-15,24,27H,10-13,16-17H2,1-2H3,(H3,28,29)(H,32,33);2*1H/b18-14+,27-19?;;. The Morgan fingerprint density at radius 1 is 1.13 bits per heavy atom. The lowest BCUT2D eigenvalue weighted by molar-refractivity contribution is -0.134. The average Bonchev–Trinajstić information content (AvgIpc) is 2.83. The molecule has 0 radical (unpaired) electrons. The second-order valence-corrected chi connectivity index (χ2v) is 11.0. The number of anilines is 1. The molecule has 214 valence electrons. The number of halogens is 2. The monoisotopic (exact) mass is 599 g/mol. The third kappa shape index (κ3) is 9.76. The smallest absolute Gasteiger partial charge is 0.320 e. The molecule has 1 heterocycles. The first kappa shape index (κ1) is 33.7. The summed E-state index contributed by atoms with van der Waals surface area (Å²) in [6.45, 7) is 4.97. The molecule has 1 aliphatic rings. The highest BCUT2D eigenvalue weighted by atomic mass is 35.5. The number of amidine groups is 2. The lowest BCUT2D eigenvalue weighted by Gasteiger charge is -2.33. The summed E-state index contributed by atoms with van der Waals surface area (Å²) in [5, 5.41) is 24.5. The number of sulfonamides is 1. The molecular weight excluding hydrogens is 565 g/mol. The number of carboxylic acids is 1. The number of benzene rings is 2. The first-order chi connectivity index (χ1) is 17.4. The van der Waals surface area contributed by atoms with Crippen molar-refractivity contribution in [3.05, 3.63) is 65.2 Å². The zero-order valence-electron chi connectivity index (χ0n) is 21.8. The van der Waals surface area contributed by atoms with Crippen molar-refractivity contribution in [3.8, 4) is 5.75 Å². The summed E-state index contributed by atoms with van der Waals surface area (Å²) in [5.41, 5.74) is 7.85. The number of hydrogen-bond acceptors (Lipinski definition) is 6. The van der Waals surface area contributed by atoms with Crippen LogP contribution in [0.25, 0.3) is 6.08 Å². The fourth-order valence-electron chi connectivity index (χ4n) is 4.13. The maximum atomic E-state index is 13.0. The summed E-state index contributed by atoms with van der Waals surface area (Å²) in [5.74, 6) is -1.41. The van der Waals surface area contributed by atoms with Crippen molar-refractivity contribution in [1.82, 2.24) is 4.90 Å². The van der Waals surface area contributed by atoms with Gasteiger partial charge in [-0.25, -0.2) is 8.42 Å². The molecule has 1 aliphatic heterocycles. The van der Waals surface area contributed by atoms with Gasteiger partial charge in [-0.2, -0.15) is 0 Å². The summed E-state index contributed by atoms with van der Waals surface area (Å²) in [6, 6.07) is 13.6. The minimum Gasteiger partial charge on any atom is -0.490 e. The molecule has 13 heteroatoms. The normalized spacial score (nSPS) is 14.0. The molecule has 1 fully saturated rings. The lowest BCUT2D eigenvalue weighted by atomic mass is 10.1. The molecule has 0 saturated carbocycles. The van der Waals surface area contributed by atoms with Crippen LogP contribution in [0.1, 0.15) is 37.8 Å². The number of nitrogens with two attached hydrogens (primary N) is 1. The van der Waals surface area contributed by atoms with E-state index < -0.39 is 21.7 Å². The number of carbonyl (C=O) groups is 1. The van der Waals surface area contributed by atoms with Crippen LogP contribution in [0.4, 0.5) is 5.69 Å². The van der Waals surface area contributed by atoms with E-state index >= 15 is 0 Å². The van der Waals surface area contributed by atoms with Gasteiger partial charge >= 0.3 is 5.97 Å². The number of nitrogens with one attached hydrogen (secondary N) is 2. The molecule has 0 amide bonds. The van der Waals surface area contributed by atoms with E-state index in [4.69, 9.17) is 21.3 Å². The van der Waals surface area contributed by atoms with Gasteiger partial charge in [-0.3, -0.25) is 19.9 Å². The van der Waals surface area contributed by atoms with Crippen LogP contribution < -0.4 is 14.8 Å². The number of likely N-dealkylation sites (tertiary alicyclic amines) is 1. The SMILES string of the molecule is CC(=N)N1CCC(Oc2ccc(N(C/C(C)=C/c3cccc(C(=N)N)c3)S(=O)(=O)CC(=O)O)cc2)CC1.Cl.Cl. The van der Waals surface area contributed by atoms with E-state index in [1.807, 2.05) is 11.0 Å². The van der Waals surface area contributed by atoms with E-state index in [1.165, 1.54) is 0 Å². The third-order valence-electron chi connectivity index (χ3n) is 5.99. The predicted octanol–water partition coefficient (Wildman–Crippen LogP) is 3.98. The van der Waals surface area contributed by atoms with Crippen LogP contribution in [0.15, 0.2) is 54.1 Å². The maximum absolute atomic E-state index is 13.0. The van der Waals surface area contributed by atoms with E-state index in [-0.39, 0.29) is 43.3 Å². The molecule has 0 unspecified atom stereocenters. The van der Waals surface area contributed by atoms with Crippen LogP contribution >= 0.6 is 24.8 Å². The summed E-state index contributed by atoms with van der Waals surface area (Å²) in [4.78, 5) is 13.3. The van der Waals surface area contributed by atoms with E-state index in [1.54, 1.807) is 62.4 Å². The van der Waals surface area contributed by atoms with Crippen molar-refractivity contribution in [2.75, 3.05) is 29.7 Å². The molecule has 0 atom stereocenters. The second kappa shape index (κ2) is 14.8. The van der Waals surface area contributed by atoms with Crippen LogP contribution in [0, 0.1) is 10.8 Å². The van der Waals surface area contributed by atoms with E-state index in [0.717, 1.165) is 35.8 Å². The van der Waals surface area contributed by atoms with Gasteiger partial charge in [0.05, 0.1) is 18.1 Å². The zero-order chi connectivity index (χ0) is 27.2. The Kier molecular flexibility index (Phi) is 12.8. The summed E-state index contributed by atoms with van der Waals surface area (Å²) < 4.78 is 33.1. The van der Waals surface area contributed by atoms with Crippen molar-refractivity contribution < 1.29 is 23.1 Å². The molecule has 3 rings (SSSR count). The Hall–Kier alpha value is -3.28. The van der Waals surface area contributed by atoms with Crippen LogP contribution in [-0.2, 0) is 14.8 Å². The minimum absolute atomic E-state index is 0. The van der Waals surface area contributed by atoms with Gasteiger partial charge in [-0.1, -0.05) is 29.8 Å². The molecule has 10 nitrogen and oxygen atoms in total. The molecule has 0 spiro atoms. The first-order valence-corrected chi connectivity index (χ1v) is 13.5. The van der Waals surface area contributed by atoms with E-state index in [9.17, 15) is 18.3 Å². The summed E-state index contributed by atoms with van der Waals surface area (Å²) in [7, 11) is -4.17. The second-order valence-electron chi connectivity index (χ2n) is 9.07. The van der Waals surface area contributed by atoms with Crippen LogP contribution in [0.2, 0.25) is 0 Å². The number of nitrogens with zero attached hydrogens (tertiary/aromatic N) is 2. The summed E-state index contributed by atoms with van der Waals surface area (Å²) >= 11 is 0. The van der Waals surface area contributed by atoms with Gasteiger partial charge in [0.1, 0.15) is 17.7 Å². The van der Waals surface area contributed by atoms with Crippen molar-refractivity contribution in [1.29, 1.82) is 10.8 Å². The molecule has 0 aromatic heterocycles. The van der Waals surface area contributed by atoms with Gasteiger partial charge in [0.25, 0.3) is 0 Å². The highest BCUT2D eigenvalue weighted by molar-refractivity contribution is 7.93. The van der Waals surface area contributed by atoms with Gasteiger partial charge in [0.15, 0.2) is 5.75 Å². The van der Waals surface area contributed by atoms with E-state index in [0.29, 0.717) is 28.4 Å². The molecule has 2 aromatic rings. The Morgan fingerprint density at radius 3 is 2.28 bits per heavy atom. The van der Waals surface area contributed by atoms with Crippen LogP contribution in [0.5, 0.6) is 5.75 Å². The molecule has 1 saturated heterocycles. The van der Waals surface area contributed by atoms with Crippen molar-refractivity contribution in [3.63, 3.8) is 0 Å². The fraction of sp³-hybridized carbons (Fsp3) is 0.346. The lowest BCUT2D eigenvalue weighted by Crippen LogP contribution is -2.40. The van der Waals surface area contributed by atoms with E-state index in [2.05, 4.69) is 0 Å². The number of piperidine rings is 1. The topological polar surface area (TPSA) is 161 Å². The zero-order valence-corrected chi connectivity index (χ0v) is 24.2. The molecule has 39 heavy (non-hydrogen) atoms. The maximum Gasteiger partial charge on any atom is 0.320 e. The van der Waals surface area contributed by atoms with Gasteiger partial charge in [0.2, 0.25) is 10.0 Å². The largest absolute Gasteiger partial charge is 0.490 e. The number of aliphatic carboxylic acids is 1. The molecule has 2 aromatic carbocycles. The van der Waals surface area contributed by atoms with Gasteiger partial charge in [0, 0.05) is 31.5 Å².